The third-order valence-electron chi connectivity index (χ3n) is 8.52. The first-order valence-corrected chi connectivity index (χ1v) is 14.5. The number of nitrogens with one attached hydrogen (secondary N) is 2. The van der Waals surface area contributed by atoms with E-state index < -0.39 is 83.6 Å². The molecule has 1 aliphatic carbocycles. The van der Waals surface area contributed by atoms with E-state index in [1.807, 2.05) is 0 Å². The van der Waals surface area contributed by atoms with Crippen molar-refractivity contribution in [3.63, 3.8) is 0 Å². The number of rotatable bonds is 7. The van der Waals surface area contributed by atoms with Crippen molar-refractivity contribution in [3.8, 4) is 5.75 Å². The van der Waals surface area contributed by atoms with Crippen molar-refractivity contribution >= 4 is 23.4 Å². The van der Waals surface area contributed by atoms with Crippen LogP contribution in [0.3, 0.4) is 0 Å². The van der Waals surface area contributed by atoms with Crippen LogP contribution >= 0.6 is 0 Å². The Labute approximate surface area is 254 Å². The van der Waals surface area contributed by atoms with Crippen LogP contribution in [0.2, 0.25) is 0 Å². The molecule has 3 heterocycles. The first-order valence-electron chi connectivity index (χ1n) is 14.5. The average Bonchev–Trinajstić information content (AvgIpc) is 3.31. The number of anilines is 2. The van der Waals surface area contributed by atoms with Gasteiger partial charge in [-0.3, -0.25) is 9.69 Å². The summed E-state index contributed by atoms with van der Waals surface area (Å²) in [4.78, 5) is 32.9. The topological polar surface area (TPSA) is 96.0 Å². The number of aromatic nitrogens is 1. The van der Waals surface area contributed by atoms with E-state index in [0.29, 0.717) is 4.90 Å². The molecule has 0 spiro atoms. The number of ether oxygens (including phenoxy) is 2. The highest BCUT2D eigenvalue weighted by atomic mass is 19.4. The number of hydrogen-bond acceptors (Lipinski definition) is 6. The van der Waals surface area contributed by atoms with Gasteiger partial charge in [-0.1, -0.05) is 0 Å². The number of morpholine rings is 1. The Morgan fingerprint density at radius 2 is 1.71 bits per heavy atom. The molecule has 0 bridgehead atoms. The summed E-state index contributed by atoms with van der Waals surface area (Å²) in [5, 5.41) is 4.99. The predicted octanol–water partition coefficient (Wildman–Crippen LogP) is 4.85. The largest absolute Gasteiger partial charge is 0.497 e. The lowest BCUT2D eigenvalue weighted by Crippen LogP contribution is -2.51. The summed E-state index contributed by atoms with van der Waals surface area (Å²) in [7, 11) is 1.18. The maximum Gasteiger partial charge on any atom is 0.421 e. The lowest BCUT2D eigenvalue weighted by atomic mass is 9.86. The van der Waals surface area contributed by atoms with Gasteiger partial charge >= 0.3 is 12.2 Å². The summed E-state index contributed by atoms with van der Waals surface area (Å²) in [5.41, 5.74) is -2.08. The number of carbonyl (C=O) groups is 2. The van der Waals surface area contributed by atoms with Crippen LogP contribution in [-0.2, 0) is 15.7 Å². The second kappa shape index (κ2) is 13.3. The third kappa shape index (κ3) is 6.89. The first kappa shape index (κ1) is 32.6. The van der Waals surface area contributed by atoms with Crippen molar-refractivity contribution in [3.05, 3.63) is 47.2 Å². The number of carbonyl (C=O) groups excluding carboxylic acids is 2. The molecule has 16 heteroatoms. The average molecular weight is 648 g/mol. The van der Waals surface area contributed by atoms with Gasteiger partial charge in [0, 0.05) is 61.4 Å². The van der Waals surface area contributed by atoms with Gasteiger partial charge in [0.15, 0.2) is 0 Å². The second-order valence-electron chi connectivity index (χ2n) is 11.2. The lowest BCUT2D eigenvalue weighted by molar-refractivity contribution is -0.137. The molecule has 1 aromatic carbocycles. The predicted molar refractivity (Wildman–Crippen MR) is 147 cm³/mol. The molecule has 0 radical (unpaired) electrons. The van der Waals surface area contributed by atoms with Crippen molar-refractivity contribution in [1.29, 1.82) is 0 Å². The fourth-order valence-corrected chi connectivity index (χ4v) is 6.25. The molecule has 1 aromatic heterocycles. The van der Waals surface area contributed by atoms with Crippen molar-refractivity contribution in [2.24, 2.45) is 5.92 Å². The number of pyridine rings is 1. The Morgan fingerprint density at radius 1 is 1.07 bits per heavy atom. The van der Waals surface area contributed by atoms with Gasteiger partial charge in [0.25, 0.3) is 5.91 Å². The van der Waals surface area contributed by atoms with E-state index in [1.54, 1.807) is 0 Å². The van der Waals surface area contributed by atoms with Crippen LogP contribution in [0, 0.1) is 17.6 Å². The molecule has 5 rings (SSSR count). The zero-order valence-corrected chi connectivity index (χ0v) is 24.2. The smallest absolute Gasteiger partial charge is 0.421 e. The summed E-state index contributed by atoms with van der Waals surface area (Å²) < 4.78 is 111. The van der Waals surface area contributed by atoms with E-state index in [4.69, 9.17) is 9.47 Å². The van der Waals surface area contributed by atoms with E-state index in [0.717, 1.165) is 18.3 Å². The highest BCUT2D eigenvalue weighted by molar-refractivity contribution is 6.03. The molecule has 3 aliphatic rings. The molecular weight excluding hydrogens is 615 g/mol. The molecule has 3 amide bonds. The fraction of sp³-hybridized carbons (Fsp3) is 0.552. The van der Waals surface area contributed by atoms with Crippen molar-refractivity contribution in [2.75, 3.05) is 49.8 Å². The molecule has 9 nitrogen and oxygen atoms in total. The number of methoxy groups -OCH3 is 1. The molecule has 2 aromatic rings. The molecular formula is C29H32F7N5O4. The Bertz CT molecular complexity index is 1370. The standard InChI is InChI=1S/C29H32F7N5O4/c1-44-17-12-19(30)22(20(31)13-17)18-14-41(26-23(29(34,35)36)21(6-7-37-26)40-8-10-45-11-9-40)27(42)24(18)39-28(43)38-16-4-2-15(3-5-16)25(32)33/h6-7,12-13,15-16,18,24-25H,2-5,8-11,14H2,1H3,(H2,38,39,43)/t15?,16?,18-,24-/m0/s1. The maximum absolute atomic E-state index is 15.3. The number of alkyl halides is 5. The molecule has 2 N–H and O–H groups in total. The molecule has 45 heavy (non-hydrogen) atoms. The number of hydrogen-bond donors (Lipinski definition) is 2. The summed E-state index contributed by atoms with van der Waals surface area (Å²) >= 11 is 0. The zero-order chi connectivity index (χ0) is 32.5. The van der Waals surface area contributed by atoms with Crippen LogP contribution in [0.25, 0.3) is 0 Å². The molecule has 1 saturated carbocycles. The number of amides is 3. The van der Waals surface area contributed by atoms with Crippen LogP contribution < -0.4 is 25.2 Å². The van der Waals surface area contributed by atoms with E-state index >= 15 is 8.78 Å². The fourth-order valence-electron chi connectivity index (χ4n) is 6.25. The Hall–Kier alpha value is -3.82. The number of nitrogens with zero attached hydrogens (tertiary/aromatic N) is 3. The highest BCUT2D eigenvalue weighted by Crippen LogP contribution is 2.45. The quantitative estimate of drug-likeness (QED) is 0.418. The Balaban J connectivity index is 1.49. The first-order chi connectivity index (χ1) is 21.4. The van der Waals surface area contributed by atoms with E-state index in [1.165, 1.54) is 18.1 Å². The molecule has 0 unspecified atom stereocenters. The van der Waals surface area contributed by atoms with Crippen LogP contribution in [0.4, 0.5) is 47.0 Å². The minimum atomic E-state index is -4.98. The summed E-state index contributed by atoms with van der Waals surface area (Å²) in [5.74, 6) is -6.54. The normalized spacial score (nSPS) is 24.2. The van der Waals surface area contributed by atoms with Crippen LogP contribution in [-0.4, -0.2) is 75.4 Å². The van der Waals surface area contributed by atoms with Gasteiger partial charge in [-0.2, -0.15) is 13.2 Å². The summed E-state index contributed by atoms with van der Waals surface area (Å²) in [6.45, 7) is 0.0111. The second-order valence-corrected chi connectivity index (χ2v) is 11.2. The van der Waals surface area contributed by atoms with Gasteiger partial charge in [-0.15, -0.1) is 0 Å². The van der Waals surface area contributed by atoms with E-state index in [9.17, 15) is 31.5 Å². The third-order valence-corrected chi connectivity index (χ3v) is 8.52. The van der Waals surface area contributed by atoms with E-state index in [2.05, 4.69) is 15.6 Å². The number of halogens is 7. The molecule has 2 atom stereocenters. The van der Waals surface area contributed by atoms with Gasteiger partial charge in [-0.25, -0.2) is 27.3 Å². The number of benzene rings is 1. The Kier molecular flexibility index (Phi) is 9.60. The van der Waals surface area contributed by atoms with Crippen molar-refractivity contribution in [1.82, 2.24) is 15.6 Å². The summed E-state index contributed by atoms with van der Waals surface area (Å²) in [6, 6.07) is -0.240. The van der Waals surface area contributed by atoms with Gasteiger partial charge < -0.3 is 25.0 Å². The van der Waals surface area contributed by atoms with Gasteiger partial charge in [-0.05, 0) is 31.7 Å². The van der Waals surface area contributed by atoms with Gasteiger partial charge in [0.1, 0.15) is 34.8 Å². The maximum atomic E-state index is 15.3. The Morgan fingerprint density at radius 3 is 2.29 bits per heavy atom. The SMILES string of the molecule is COc1cc(F)c([C@@H]2CN(c3nccc(N4CCOCC4)c3C(F)(F)F)C(=O)[C@H]2NC(=O)NC2CCC(C(F)F)CC2)c(F)c1. The van der Waals surface area contributed by atoms with Gasteiger partial charge in [0.05, 0.1) is 26.0 Å². The van der Waals surface area contributed by atoms with Crippen LogP contribution in [0.1, 0.15) is 42.7 Å². The summed E-state index contributed by atoms with van der Waals surface area (Å²) in [6.07, 6.45) is -5.56. The highest BCUT2D eigenvalue weighted by Gasteiger charge is 2.49. The lowest BCUT2D eigenvalue weighted by Gasteiger charge is -2.32. The zero-order valence-electron chi connectivity index (χ0n) is 24.2. The van der Waals surface area contributed by atoms with Crippen LogP contribution in [0.5, 0.6) is 5.75 Å². The van der Waals surface area contributed by atoms with Crippen molar-refractivity contribution in [2.45, 2.75) is 56.3 Å². The number of urea groups is 1. The molecule has 246 valence electrons. The molecule has 2 saturated heterocycles. The van der Waals surface area contributed by atoms with E-state index in [-0.39, 0.29) is 63.4 Å². The monoisotopic (exact) mass is 647 g/mol. The van der Waals surface area contributed by atoms with Gasteiger partial charge in [0.2, 0.25) is 6.43 Å². The minimum Gasteiger partial charge on any atom is -0.497 e. The molecule has 2 aliphatic heterocycles. The minimum absolute atomic E-state index is 0.148. The van der Waals surface area contributed by atoms with Crippen molar-refractivity contribution < 1.29 is 49.8 Å². The molecule has 3 fully saturated rings. The van der Waals surface area contributed by atoms with Crippen LogP contribution in [0.15, 0.2) is 24.4 Å².